The molecule has 0 bridgehead atoms. The first-order valence-electron chi connectivity index (χ1n) is 7.27. The highest BCUT2D eigenvalue weighted by atomic mass is 32.2. The van der Waals surface area contributed by atoms with Crippen LogP contribution in [0.3, 0.4) is 0 Å². The van der Waals surface area contributed by atoms with E-state index in [1.165, 1.54) is 23.1 Å². The SMILES string of the molecule is Cc1nc(C)c(-c2nnc(SC(C)C(=O)NCc3cccs3)o2)s1. The monoisotopic (exact) mass is 380 g/mol. The van der Waals surface area contributed by atoms with Crippen LogP contribution < -0.4 is 5.32 Å². The van der Waals surface area contributed by atoms with Crippen LogP contribution in [0.2, 0.25) is 0 Å². The second kappa shape index (κ2) is 7.45. The van der Waals surface area contributed by atoms with Crippen molar-refractivity contribution in [3.8, 4) is 10.8 Å². The Bertz CT molecular complexity index is 826. The highest BCUT2D eigenvalue weighted by Gasteiger charge is 2.20. The zero-order chi connectivity index (χ0) is 17.1. The molecule has 0 saturated carbocycles. The van der Waals surface area contributed by atoms with Crippen molar-refractivity contribution >= 4 is 40.3 Å². The van der Waals surface area contributed by atoms with Crippen molar-refractivity contribution in [1.82, 2.24) is 20.5 Å². The van der Waals surface area contributed by atoms with Gasteiger partial charge in [-0.15, -0.1) is 32.9 Å². The van der Waals surface area contributed by atoms with Gasteiger partial charge in [-0.3, -0.25) is 4.79 Å². The summed E-state index contributed by atoms with van der Waals surface area (Å²) in [6.45, 7) is 6.21. The van der Waals surface area contributed by atoms with Crippen LogP contribution in [-0.2, 0) is 11.3 Å². The van der Waals surface area contributed by atoms with Crippen molar-refractivity contribution < 1.29 is 9.21 Å². The molecule has 3 aromatic rings. The fourth-order valence-electron chi connectivity index (χ4n) is 2.01. The van der Waals surface area contributed by atoms with Crippen molar-refractivity contribution in [3.05, 3.63) is 33.1 Å². The van der Waals surface area contributed by atoms with E-state index in [-0.39, 0.29) is 11.2 Å². The summed E-state index contributed by atoms with van der Waals surface area (Å²) in [5.74, 6) is 0.393. The molecule has 0 aliphatic carbocycles. The normalized spacial score (nSPS) is 12.3. The molecule has 1 atom stereocenters. The average molecular weight is 381 g/mol. The second-order valence-corrected chi connectivity index (χ2v) is 8.61. The van der Waals surface area contributed by atoms with Crippen LogP contribution >= 0.6 is 34.4 Å². The van der Waals surface area contributed by atoms with Gasteiger partial charge in [-0.2, -0.15) is 0 Å². The van der Waals surface area contributed by atoms with E-state index in [1.54, 1.807) is 11.3 Å². The quantitative estimate of drug-likeness (QED) is 0.657. The zero-order valence-corrected chi connectivity index (χ0v) is 15.8. The van der Waals surface area contributed by atoms with Gasteiger partial charge in [0.1, 0.15) is 4.88 Å². The molecule has 6 nitrogen and oxygen atoms in total. The van der Waals surface area contributed by atoms with Gasteiger partial charge in [0.2, 0.25) is 5.91 Å². The number of amides is 1. The van der Waals surface area contributed by atoms with E-state index >= 15 is 0 Å². The van der Waals surface area contributed by atoms with Crippen LogP contribution in [0, 0.1) is 13.8 Å². The third-order valence-corrected chi connectivity index (χ3v) is 6.04. The number of carbonyl (C=O) groups is 1. The Morgan fingerprint density at radius 2 is 2.25 bits per heavy atom. The predicted octanol–water partition coefficient (Wildman–Crippen LogP) is 3.67. The van der Waals surface area contributed by atoms with Crippen molar-refractivity contribution in [3.63, 3.8) is 0 Å². The number of carbonyl (C=O) groups excluding carboxylic acids is 1. The molecule has 24 heavy (non-hydrogen) atoms. The minimum Gasteiger partial charge on any atom is -0.410 e. The van der Waals surface area contributed by atoms with Crippen LogP contribution in [-0.4, -0.2) is 26.3 Å². The number of thiophene rings is 1. The van der Waals surface area contributed by atoms with Gasteiger partial charge in [-0.05, 0) is 32.2 Å². The van der Waals surface area contributed by atoms with E-state index < -0.39 is 0 Å². The van der Waals surface area contributed by atoms with Crippen LogP contribution in [0.15, 0.2) is 27.2 Å². The molecule has 9 heteroatoms. The van der Waals surface area contributed by atoms with Gasteiger partial charge in [0.15, 0.2) is 0 Å². The molecule has 1 N–H and O–H groups in total. The number of nitrogens with one attached hydrogen (secondary N) is 1. The van der Waals surface area contributed by atoms with Crippen molar-refractivity contribution in [2.75, 3.05) is 0 Å². The Kier molecular flexibility index (Phi) is 5.32. The fraction of sp³-hybridized carbons (Fsp3) is 0.333. The Morgan fingerprint density at radius 1 is 1.42 bits per heavy atom. The van der Waals surface area contributed by atoms with Gasteiger partial charge in [0.05, 0.1) is 22.5 Å². The summed E-state index contributed by atoms with van der Waals surface area (Å²) < 4.78 is 5.67. The van der Waals surface area contributed by atoms with Crippen LogP contribution in [0.25, 0.3) is 10.8 Å². The van der Waals surface area contributed by atoms with E-state index in [0.717, 1.165) is 20.5 Å². The molecule has 1 unspecified atom stereocenters. The Morgan fingerprint density at radius 3 is 2.92 bits per heavy atom. The number of nitrogens with zero attached hydrogens (tertiary/aromatic N) is 3. The van der Waals surface area contributed by atoms with Crippen molar-refractivity contribution in [2.45, 2.75) is 37.8 Å². The topological polar surface area (TPSA) is 80.9 Å². The molecule has 0 fully saturated rings. The average Bonchev–Trinajstić information content (AvgIpc) is 3.26. The molecule has 0 aliphatic heterocycles. The highest BCUT2D eigenvalue weighted by Crippen LogP contribution is 2.31. The minimum absolute atomic E-state index is 0.0574. The summed E-state index contributed by atoms with van der Waals surface area (Å²) in [5, 5.41) is 14.0. The van der Waals surface area contributed by atoms with Crippen molar-refractivity contribution in [2.24, 2.45) is 0 Å². The Labute approximate surface area is 151 Å². The van der Waals surface area contributed by atoms with Gasteiger partial charge in [-0.25, -0.2) is 4.98 Å². The lowest BCUT2D eigenvalue weighted by Gasteiger charge is -2.08. The molecule has 3 heterocycles. The van der Waals surface area contributed by atoms with Crippen LogP contribution in [0.5, 0.6) is 0 Å². The van der Waals surface area contributed by atoms with Crippen molar-refractivity contribution in [1.29, 1.82) is 0 Å². The lowest BCUT2D eigenvalue weighted by molar-refractivity contribution is -0.120. The third kappa shape index (κ3) is 4.03. The molecule has 1 amide bonds. The van der Waals surface area contributed by atoms with E-state index in [0.29, 0.717) is 17.7 Å². The van der Waals surface area contributed by atoms with Gasteiger partial charge in [0.25, 0.3) is 11.1 Å². The summed E-state index contributed by atoms with van der Waals surface area (Å²) >= 11 is 4.39. The fourth-order valence-corrected chi connectivity index (χ4v) is 4.21. The van der Waals surface area contributed by atoms with Gasteiger partial charge < -0.3 is 9.73 Å². The number of hydrogen-bond donors (Lipinski definition) is 1. The Balaban J connectivity index is 1.59. The Hall–Kier alpha value is -1.71. The highest BCUT2D eigenvalue weighted by molar-refractivity contribution is 8.00. The van der Waals surface area contributed by atoms with E-state index in [9.17, 15) is 4.79 Å². The maximum absolute atomic E-state index is 12.2. The summed E-state index contributed by atoms with van der Waals surface area (Å²) in [7, 11) is 0. The van der Waals surface area contributed by atoms with Crippen LogP contribution in [0.1, 0.15) is 22.5 Å². The van der Waals surface area contributed by atoms with Crippen LogP contribution in [0.4, 0.5) is 0 Å². The number of aromatic nitrogens is 3. The molecule has 0 radical (unpaired) electrons. The number of thiazole rings is 1. The van der Waals surface area contributed by atoms with E-state index in [4.69, 9.17) is 4.42 Å². The van der Waals surface area contributed by atoms with Gasteiger partial charge in [0, 0.05) is 4.88 Å². The second-order valence-electron chi connectivity index (χ2n) is 5.08. The maximum atomic E-state index is 12.2. The summed E-state index contributed by atoms with van der Waals surface area (Å²) in [6.07, 6.45) is 0. The number of rotatable bonds is 6. The molecule has 0 aliphatic rings. The molecular formula is C15H16N4O2S3. The number of aryl methyl sites for hydroxylation is 2. The lowest BCUT2D eigenvalue weighted by atomic mass is 10.4. The smallest absolute Gasteiger partial charge is 0.277 e. The molecule has 0 saturated heterocycles. The van der Waals surface area contributed by atoms with Gasteiger partial charge >= 0.3 is 0 Å². The molecule has 0 aromatic carbocycles. The summed E-state index contributed by atoms with van der Waals surface area (Å²) in [5.41, 5.74) is 0.874. The van der Waals surface area contributed by atoms with Gasteiger partial charge in [-0.1, -0.05) is 17.8 Å². The summed E-state index contributed by atoms with van der Waals surface area (Å²) in [4.78, 5) is 18.5. The molecule has 3 rings (SSSR count). The first kappa shape index (κ1) is 17.1. The maximum Gasteiger partial charge on any atom is 0.277 e. The largest absolute Gasteiger partial charge is 0.410 e. The third-order valence-electron chi connectivity index (χ3n) is 3.17. The van der Waals surface area contributed by atoms with E-state index in [1.807, 2.05) is 38.3 Å². The summed E-state index contributed by atoms with van der Waals surface area (Å²) in [6, 6.07) is 3.96. The first-order valence-corrected chi connectivity index (χ1v) is 9.85. The predicted molar refractivity (Wildman–Crippen MR) is 96.4 cm³/mol. The molecular weight excluding hydrogens is 364 g/mol. The first-order chi connectivity index (χ1) is 11.5. The number of thioether (sulfide) groups is 1. The molecule has 3 aromatic heterocycles. The molecule has 0 spiro atoms. The molecule has 126 valence electrons. The zero-order valence-electron chi connectivity index (χ0n) is 13.4. The lowest BCUT2D eigenvalue weighted by Crippen LogP contribution is -2.30. The minimum atomic E-state index is -0.317. The van der Waals surface area contributed by atoms with E-state index in [2.05, 4.69) is 20.5 Å². The standard InChI is InChI=1S/C15H16N4O2S3/c1-8-12(24-10(3)17-8)14-18-19-15(21-14)23-9(2)13(20)16-7-11-5-4-6-22-11/h4-6,9H,7H2,1-3H3,(H,16,20). The number of hydrogen-bond acceptors (Lipinski definition) is 8.